The Labute approximate surface area is 102 Å². The maximum absolute atomic E-state index is 3.63. The summed E-state index contributed by atoms with van der Waals surface area (Å²) in [4.78, 5) is 0. The maximum Gasteiger partial charge on any atom is -0.0313 e. The van der Waals surface area contributed by atoms with Crippen LogP contribution in [-0.2, 0) is 0 Å². The van der Waals surface area contributed by atoms with Crippen molar-refractivity contribution < 1.29 is 0 Å². The van der Waals surface area contributed by atoms with E-state index in [1.54, 1.807) is 6.08 Å². The van der Waals surface area contributed by atoms with E-state index in [9.17, 15) is 0 Å². The Morgan fingerprint density at radius 3 is 1.50 bits per heavy atom. The molecule has 0 nitrogen and oxygen atoms in total. The van der Waals surface area contributed by atoms with Crippen molar-refractivity contribution in [3.05, 3.63) is 62.8 Å². The van der Waals surface area contributed by atoms with Gasteiger partial charge in [0.15, 0.2) is 0 Å². The number of hydrogen-bond donors (Lipinski definition) is 0. The predicted octanol–water partition coefficient (Wildman–Crippen LogP) is 5.61. The third-order valence-electron chi connectivity index (χ3n) is 1.88. The fourth-order valence-corrected chi connectivity index (χ4v) is 0.984. The highest BCUT2D eigenvalue weighted by Gasteiger charge is 1.79. The topological polar surface area (TPSA) is 0 Å². The van der Waals surface area contributed by atoms with E-state index < -0.39 is 0 Å². The highest BCUT2D eigenvalue weighted by atomic mass is 13.9. The van der Waals surface area contributed by atoms with Gasteiger partial charge in [0.2, 0.25) is 0 Å². The van der Waals surface area contributed by atoms with E-state index in [-0.39, 0.29) is 0 Å². The van der Waals surface area contributed by atoms with Crippen LogP contribution < -0.4 is 0 Å². The first-order valence-electron chi connectivity index (χ1n) is 5.93. The molecule has 0 spiro atoms. The van der Waals surface area contributed by atoms with E-state index in [2.05, 4.69) is 32.4 Å². The summed E-state index contributed by atoms with van der Waals surface area (Å²) in [6, 6.07) is 0. The minimum atomic E-state index is 1.06. The van der Waals surface area contributed by atoms with Crippen LogP contribution in [0.15, 0.2) is 62.8 Å². The van der Waals surface area contributed by atoms with Crippen molar-refractivity contribution in [2.24, 2.45) is 0 Å². The van der Waals surface area contributed by atoms with E-state index >= 15 is 0 Å². The molecule has 0 saturated carbocycles. The molecule has 0 aromatic carbocycles. The minimum absolute atomic E-state index is 1.06. The molecule has 0 radical (unpaired) electrons. The Morgan fingerprint density at radius 1 is 0.625 bits per heavy atom. The summed E-state index contributed by atoms with van der Waals surface area (Å²) in [7, 11) is 0. The smallest absolute Gasteiger partial charge is 0.0313 e. The van der Waals surface area contributed by atoms with E-state index in [0.717, 1.165) is 25.7 Å². The van der Waals surface area contributed by atoms with E-state index in [1.807, 2.05) is 24.3 Å². The van der Waals surface area contributed by atoms with Crippen LogP contribution in [0.4, 0.5) is 0 Å². The Bertz CT molecular complexity index is 186. The molecule has 0 aromatic rings. The molecule has 16 heavy (non-hydrogen) atoms. The third kappa shape index (κ3) is 23.0. The molecule has 0 N–H and O–H groups in total. The van der Waals surface area contributed by atoms with Crippen molar-refractivity contribution in [1.82, 2.24) is 0 Å². The molecule has 0 heteroatoms. The van der Waals surface area contributed by atoms with Gasteiger partial charge in [0.05, 0.1) is 0 Å². The molecular formula is C16H26. The molecule has 0 rings (SSSR count). The molecule has 0 bridgehead atoms. The van der Waals surface area contributed by atoms with Crippen molar-refractivity contribution in [2.45, 2.75) is 38.5 Å². The Hall–Kier alpha value is -1.30. The standard InChI is InChI=1S/C8H14.C8H12/c2*1-3-5-7-8-6-4-2/h3-4H,1-2,5-8H2;3-5,7H,1-2,6,8H2. The van der Waals surface area contributed by atoms with Crippen LogP contribution in [0, 0.1) is 0 Å². The number of hydrogen-bond acceptors (Lipinski definition) is 0. The average molecular weight is 218 g/mol. The second kappa shape index (κ2) is 19.3. The van der Waals surface area contributed by atoms with E-state index in [4.69, 9.17) is 0 Å². The van der Waals surface area contributed by atoms with Crippen LogP contribution in [0.25, 0.3) is 0 Å². The second-order valence-corrected chi connectivity index (χ2v) is 3.39. The average Bonchev–Trinajstić information content (AvgIpc) is 2.31. The first kappa shape index (κ1) is 17.1. The molecule has 0 amide bonds. The minimum Gasteiger partial charge on any atom is -0.103 e. The molecule has 0 fully saturated rings. The van der Waals surface area contributed by atoms with Crippen molar-refractivity contribution in [3.8, 4) is 0 Å². The molecule has 90 valence electrons. The van der Waals surface area contributed by atoms with Crippen molar-refractivity contribution in [2.75, 3.05) is 0 Å². The second-order valence-electron chi connectivity index (χ2n) is 3.39. The Kier molecular flexibility index (Phi) is 20.6. The lowest BCUT2D eigenvalue weighted by Crippen LogP contribution is -1.69. The van der Waals surface area contributed by atoms with Crippen LogP contribution >= 0.6 is 0 Å². The number of allylic oxidation sites excluding steroid dienone is 6. The van der Waals surface area contributed by atoms with Gasteiger partial charge in [0, 0.05) is 0 Å². The van der Waals surface area contributed by atoms with Gasteiger partial charge in [-0.3, -0.25) is 0 Å². The zero-order chi connectivity index (χ0) is 12.5. The van der Waals surface area contributed by atoms with Crippen molar-refractivity contribution >= 4 is 0 Å². The molecule has 0 saturated heterocycles. The molecule has 0 atom stereocenters. The molecular weight excluding hydrogens is 192 g/mol. The predicted molar refractivity (Wildman–Crippen MR) is 77.6 cm³/mol. The summed E-state index contributed by atoms with van der Waals surface area (Å²) in [5.41, 5.74) is 0. The van der Waals surface area contributed by atoms with E-state index in [1.165, 1.54) is 12.8 Å². The summed E-state index contributed by atoms with van der Waals surface area (Å²) >= 11 is 0. The first-order chi connectivity index (χ1) is 7.83. The first-order valence-corrected chi connectivity index (χ1v) is 5.93. The van der Waals surface area contributed by atoms with Gasteiger partial charge in [-0.2, -0.15) is 0 Å². The number of unbranched alkanes of at least 4 members (excludes halogenated alkanes) is 4. The molecule has 0 aliphatic rings. The quantitative estimate of drug-likeness (QED) is 0.268. The van der Waals surface area contributed by atoms with Crippen LogP contribution in [-0.4, -0.2) is 0 Å². The summed E-state index contributed by atoms with van der Waals surface area (Å²) < 4.78 is 0. The highest BCUT2D eigenvalue weighted by Crippen LogP contribution is 1.99. The lowest BCUT2D eigenvalue weighted by Gasteiger charge is -1.89. The fourth-order valence-electron chi connectivity index (χ4n) is 0.984. The fraction of sp³-hybridized carbons (Fsp3) is 0.375. The maximum atomic E-state index is 3.63. The lowest BCUT2D eigenvalue weighted by atomic mass is 10.2. The van der Waals surface area contributed by atoms with Crippen molar-refractivity contribution in [3.63, 3.8) is 0 Å². The third-order valence-corrected chi connectivity index (χ3v) is 1.88. The summed E-state index contributed by atoms with van der Waals surface area (Å²) in [6.45, 7) is 14.4. The van der Waals surface area contributed by atoms with Crippen LogP contribution in [0.5, 0.6) is 0 Å². The van der Waals surface area contributed by atoms with Gasteiger partial charge in [0.25, 0.3) is 0 Å². The molecule has 0 aliphatic carbocycles. The van der Waals surface area contributed by atoms with Gasteiger partial charge in [-0.25, -0.2) is 0 Å². The summed E-state index contributed by atoms with van der Waals surface area (Å²) in [5, 5.41) is 0. The zero-order valence-electron chi connectivity index (χ0n) is 10.5. The zero-order valence-corrected chi connectivity index (χ0v) is 10.5. The van der Waals surface area contributed by atoms with Crippen molar-refractivity contribution in [1.29, 1.82) is 0 Å². The Balaban J connectivity index is 0. The molecule has 0 aromatic heterocycles. The van der Waals surface area contributed by atoms with Gasteiger partial charge in [-0.1, -0.05) is 43.0 Å². The lowest BCUT2D eigenvalue weighted by molar-refractivity contribution is 0.764. The van der Waals surface area contributed by atoms with Gasteiger partial charge in [-0.15, -0.1) is 19.7 Å². The summed E-state index contributed by atoms with van der Waals surface area (Å²) in [6.07, 6.45) is 18.6. The van der Waals surface area contributed by atoms with Gasteiger partial charge in [-0.05, 0) is 38.5 Å². The van der Waals surface area contributed by atoms with Crippen LogP contribution in [0.1, 0.15) is 38.5 Å². The molecule has 0 aliphatic heterocycles. The van der Waals surface area contributed by atoms with Gasteiger partial charge in [0.1, 0.15) is 0 Å². The SMILES string of the molecule is C=CC=CCCC=C.C=CCCCCC=C. The molecule has 0 heterocycles. The van der Waals surface area contributed by atoms with E-state index in [0.29, 0.717) is 0 Å². The Morgan fingerprint density at radius 2 is 1.12 bits per heavy atom. The summed E-state index contributed by atoms with van der Waals surface area (Å²) in [5.74, 6) is 0. The number of rotatable bonds is 9. The van der Waals surface area contributed by atoms with Gasteiger partial charge >= 0.3 is 0 Å². The largest absolute Gasteiger partial charge is 0.103 e. The highest BCUT2D eigenvalue weighted by molar-refractivity contribution is 4.97. The van der Waals surface area contributed by atoms with Crippen LogP contribution in [0.3, 0.4) is 0 Å². The molecule has 0 unspecified atom stereocenters. The normalized spacial score (nSPS) is 9.00. The monoisotopic (exact) mass is 218 g/mol. The van der Waals surface area contributed by atoms with Crippen LogP contribution in [0.2, 0.25) is 0 Å². The van der Waals surface area contributed by atoms with Gasteiger partial charge < -0.3 is 0 Å².